The number of ether oxygens (including phenoxy) is 1. The Morgan fingerprint density at radius 1 is 1.32 bits per heavy atom. The molecule has 2 atom stereocenters. The number of amides is 1. The van der Waals surface area contributed by atoms with Crippen LogP contribution in [0.5, 0.6) is 0 Å². The molecule has 0 radical (unpaired) electrons. The van der Waals surface area contributed by atoms with Crippen molar-refractivity contribution < 1.29 is 29.0 Å². The average molecular weight is 402 g/mol. The predicted octanol–water partition coefficient (Wildman–Crippen LogP) is 1.25. The van der Waals surface area contributed by atoms with E-state index in [-0.39, 0.29) is 18.1 Å². The number of aliphatic carboxylic acids is 1. The van der Waals surface area contributed by atoms with Crippen molar-refractivity contribution in [2.45, 2.75) is 24.8 Å². The third-order valence-electron chi connectivity index (χ3n) is 4.53. The number of rotatable bonds is 6. The van der Waals surface area contributed by atoms with Crippen LogP contribution in [0, 0.1) is 0 Å². The van der Waals surface area contributed by atoms with Crippen molar-refractivity contribution in [2.75, 3.05) is 12.4 Å². The summed E-state index contributed by atoms with van der Waals surface area (Å²) in [7, 11) is 0. The first-order valence-corrected chi connectivity index (χ1v) is 9.49. The standard InChI is InChI=1S/C19H18N2O6S/c1-11(22)19(20-8-13-6-4-3-5-7-13)17(26)21-15(16(24)25)14(9-27-12(2)23)10-28-18(19)21/h3-8,18H,9-10H2,1-2H3,(H,24,25)/t18-,19-/m1/s1. The monoisotopic (exact) mass is 402 g/mol. The Labute approximate surface area is 165 Å². The number of thioether (sulfide) groups is 1. The van der Waals surface area contributed by atoms with E-state index in [1.165, 1.54) is 31.8 Å². The topological polar surface area (TPSA) is 113 Å². The van der Waals surface area contributed by atoms with E-state index in [1.807, 2.05) is 6.07 Å². The number of β-lactam (4-membered cyclic amide) rings is 1. The molecule has 0 saturated carbocycles. The van der Waals surface area contributed by atoms with Gasteiger partial charge in [0.25, 0.3) is 5.91 Å². The third-order valence-corrected chi connectivity index (χ3v) is 5.92. The molecular weight excluding hydrogens is 384 g/mol. The van der Waals surface area contributed by atoms with Crippen LogP contribution in [-0.2, 0) is 23.9 Å². The van der Waals surface area contributed by atoms with E-state index >= 15 is 0 Å². The van der Waals surface area contributed by atoms with Crippen LogP contribution in [0.25, 0.3) is 0 Å². The van der Waals surface area contributed by atoms with Crippen LogP contribution in [0.4, 0.5) is 0 Å². The summed E-state index contributed by atoms with van der Waals surface area (Å²) < 4.78 is 4.90. The highest BCUT2D eigenvalue weighted by Gasteiger charge is 2.67. The highest BCUT2D eigenvalue weighted by Crippen LogP contribution is 2.48. The SMILES string of the molecule is CC(=O)OCC1=C(C(=O)O)N2C(=O)[C@](N=Cc3ccccc3)(C(C)=O)[C@H]2SC1. The molecule has 3 rings (SSSR count). The summed E-state index contributed by atoms with van der Waals surface area (Å²) in [6.07, 6.45) is 1.45. The molecule has 9 heteroatoms. The van der Waals surface area contributed by atoms with Gasteiger partial charge in [0.1, 0.15) is 17.7 Å². The summed E-state index contributed by atoms with van der Waals surface area (Å²) in [4.78, 5) is 53.6. The maximum Gasteiger partial charge on any atom is 0.352 e. The van der Waals surface area contributed by atoms with Crippen molar-refractivity contribution >= 4 is 41.6 Å². The summed E-state index contributed by atoms with van der Waals surface area (Å²) in [6.45, 7) is 2.27. The van der Waals surface area contributed by atoms with Gasteiger partial charge in [-0.05, 0) is 12.5 Å². The minimum Gasteiger partial charge on any atom is -0.477 e. The van der Waals surface area contributed by atoms with Crippen LogP contribution in [-0.4, -0.2) is 63.1 Å². The van der Waals surface area contributed by atoms with Gasteiger partial charge in [0.05, 0.1) is 0 Å². The van der Waals surface area contributed by atoms with E-state index in [0.717, 1.165) is 10.5 Å². The van der Waals surface area contributed by atoms with Gasteiger partial charge in [0.2, 0.25) is 5.54 Å². The molecule has 1 saturated heterocycles. The van der Waals surface area contributed by atoms with Gasteiger partial charge in [-0.15, -0.1) is 11.8 Å². The Balaban J connectivity index is 1.96. The van der Waals surface area contributed by atoms with Gasteiger partial charge in [-0.3, -0.25) is 24.3 Å². The average Bonchev–Trinajstić information content (AvgIpc) is 2.66. The molecule has 2 aliphatic heterocycles. The second-order valence-corrected chi connectivity index (χ2v) is 7.44. The van der Waals surface area contributed by atoms with Gasteiger partial charge >= 0.3 is 11.9 Å². The van der Waals surface area contributed by atoms with Gasteiger partial charge in [-0.2, -0.15) is 0 Å². The molecule has 0 aromatic heterocycles. The van der Waals surface area contributed by atoms with Gasteiger partial charge in [0, 0.05) is 24.5 Å². The summed E-state index contributed by atoms with van der Waals surface area (Å²) in [5.74, 6) is -2.80. The molecule has 1 amide bonds. The molecule has 28 heavy (non-hydrogen) atoms. The fourth-order valence-corrected chi connectivity index (χ4v) is 4.65. The fourth-order valence-electron chi connectivity index (χ4n) is 3.15. The zero-order chi connectivity index (χ0) is 20.5. The van der Waals surface area contributed by atoms with Crippen molar-refractivity contribution in [1.29, 1.82) is 0 Å². The number of Topliss-reactive ketones (excluding diaryl/α,β-unsaturated/α-hetero) is 1. The number of hydrogen-bond donors (Lipinski definition) is 1. The Kier molecular flexibility index (Phi) is 5.37. The number of carboxylic acids is 1. The second-order valence-electron chi connectivity index (χ2n) is 6.37. The highest BCUT2D eigenvalue weighted by molar-refractivity contribution is 8.00. The Morgan fingerprint density at radius 2 is 2.00 bits per heavy atom. The molecule has 1 aromatic rings. The molecule has 0 bridgehead atoms. The smallest absolute Gasteiger partial charge is 0.352 e. The summed E-state index contributed by atoms with van der Waals surface area (Å²) in [5, 5.41) is 8.85. The molecular formula is C19H18N2O6S. The van der Waals surface area contributed by atoms with Crippen LogP contribution in [0.15, 0.2) is 46.6 Å². The highest BCUT2D eigenvalue weighted by atomic mass is 32.2. The number of ketones is 1. The molecule has 1 fully saturated rings. The maximum absolute atomic E-state index is 13.0. The molecule has 8 nitrogen and oxygen atoms in total. The third kappa shape index (κ3) is 3.22. The van der Waals surface area contributed by atoms with Crippen molar-refractivity contribution in [3.05, 3.63) is 47.2 Å². The van der Waals surface area contributed by atoms with Crippen LogP contribution < -0.4 is 0 Å². The lowest BCUT2D eigenvalue weighted by Crippen LogP contribution is -2.75. The molecule has 0 unspecified atom stereocenters. The van der Waals surface area contributed by atoms with E-state index in [4.69, 9.17) is 4.74 Å². The molecule has 2 heterocycles. The first kappa shape index (κ1) is 19.8. The maximum atomic E-state index is 13.0. The quantitative estimate of drug-likeness (QED) is 0.330. The van der Waals surface area contributed by atoms with Crippen LogP contribution in [0.2, 0.25) is 0 Å². The molecule has 1 N–H and O–H groups in total. The first-order valence-electron chi connectivity index (χ1n) is 8.44. The summed E-state index contributed by atoms with van der Waals surface area (Å²) in [5.41, 5.74) is -0.878. The number of fused-ring (bicyclic) bond motifs is 1. The number of carbonyl (C=O) groups excluding carboxylic acids is 3. The van der Waals surface area contributed by atoms with Crippen molar-refractivity contribution in [3.8, 4) is 0 Å². The Bertz CT molecular complexity index is 910. The second kappa shape index (κ2) is 7.59. The zero-order valence-electron chi connectivity index (χ0n) is 15.2. The van der Waals surface area contributed by atoms with E-state index < -0.39 is 34.5 Å². The van der Waals surface area contributed by atoms with Crippen molar-refractivity contribution in [2.24, 2.45) is 4.99 Å². The summed E-state index contributed by atoms with van der Waals surface area (Å²) >= 11 is 1.23. The van der Waals surface area contributed by atoms with E-state index in [0.29, 0.717) is 5.57 Å². The normalized spacial score (nSPS) is 24.0. The largest absolute Gasteiger partial charge is 0.477 e. The number of hydrogen-bond acceptors (Lipinski definition) is 7. The van der Waals surface area contributed by atoms with Gasteiger partial charge in [-0.1, -0.05) is 30.3 Å². The van der Waals surface area contributed by atoms with Crippen LogP contribution in [0.1, 0.15) is 19.4 Å². The Morgan fingerprint density at radius 3 is 2.57 bits per heavy atom. The van der Waals surface area contributed by atoms with Crippen molar-refractivity contribution in [3.63, 3.8) is 0 Å². The van der Waals surface area contributed by atoms with Gasteiger partial charge in [0.15, 0.2) is 5.78 Å². The number of nitrogens with zero attached hydrogens (tertiary/aromatic N) is 2. The van der Waals surface area contributed by atoms with Gasteiger partial charge < -0.3 is 9.84 Å². The summed E-state index contributed by atoms with van der Waals surface area (Å²) in [6, 6.07) is 9.01. The molecule has 0 aliphatic carbocycles. The van der Waals surface area contributed by atoms with E-state index in [2.05, 4.69) is 4.99 Å². The fraction of sp³-hybridized carbons (Fsp3) is 0.316. The number of esters is 1. The van der Waals surface area contributed by atoms with E-state index in [9.17, 15) is 24.3 Å². The number of carbonyl (C=O) groups is 4. The molecule has 2 aliphatic rings. The van der Waals surface area contributed by atoms with Gasteiger partial charge in [-0.25, -0.2) is 4.79 Å². The minimum absolute atomic E-state index is 0.208. The molecule has 1 aromatic carbocycles. The van der Waals surface area contributed by atoms with Crippen LogP contribution >= 0.6 is 11.8 Å². The minimum atomic E-state index is -1.66. The number of aliphatic imine (C=N–C) groups is 1. The lowest BCUT2D eigenvalue weighted by atomic mass is 9.83. The number of benzene rings is 1. The van der Waals surface area contributed by atoms with Crippen LogP contribution in [0.3, 0.4) is 0 Å². The van der Waals surface area contributed by atoms with E-state index in [1.54, 1.807) is 24.3 Å². The number of carboxylic acid groups (broad SMARTS) is 1. The first-order chi connectivity index (χ1) is 13.3. The Hall–Kier alpha value is -2.94. The molecule has 0 spiro atoms. The zero-order valence-corrected chi connectivity index (χ0v) is 16.1. The lowest BCUT2D eigenvalue weighted by molar-refractivity contribution is -0.158. The lowest BCUT2D eigenvalue weighted by Gasteiger charge is -2.53. The van der Waals surface area contributed by atoms with Crippen molar-refractivity contribution in [1.82, 2.24) is 4.90 Å². The molecule has 146 valence electrons. The predicted molar refractivity (Wildman–Crippen MR) is 102 cm³/mol.